The second kappa shape index (κ2) is 6.11. The molecule has 1 aromatic rings. The fourth-order valence-electron chi connectivity index (χ4n) is 2.02. The van der Waals surface area contributed by atoms with Crippen molar-refractivity contribution in [3.63, 3.8) is 0 Å². The van der Waals surface area contributed by atoms with Crippen molar-refractivity contribution in [3.05, 3.63) is 35.9 Å². The molecule has 0 spiro atoms. The van der Waals surface area contributed by atoms with Crippen LogP contribution < -0.4 is 5.73 Å². The molecule has 1 fully saturated rings. The van der Waals surface area contributed by atoms with Gasteiger partial charge < -0.3 is 10.5 Å². The molecule has 2 N–H and O–H groups in total. The van der Waals surface area contributed by atoms with E-state index in [1.807, 2.05) is 6.07 Å². The summed E-state index contributed by atoms with van der Waals surface area (Å²) in [6, 6.07) is 10.5. The molecule has 0 saturated carbocycles. The van der Waals surface area contributed by atoms with Gasteiger partial charge in [-0.2, -0.15) is 0 Å². The summed E-state index contributed by atoms with van der Waals surface area (Å²) in [6.07, 6.45) is 2.19. The predicted molar refractivity (Wildman–Crippen MR) is 64.2 cm³/mol. The van der Waals surface area contributed by atoms with Gasteiger partial charge >= 0.3 is 0 Å². The number of halogens is 1. The highest BCUT2D eigenvalue weighted by Crippen LogP contribution is 2.27. The molecule has 0 bridgehead atoms. The minimum Gasteiger partial charge on any atom is -0.381 e. The van der Waals surface area contributed by atoms with Gasteiger partial charge in [0.05, 0.1) is 0 Å². The molecule has 1 atom stereocenters. The van der Waals surface area contributed by atoms with Crippen LogP contribution in [0.15, 0.2) is 30.3 Å². The largest absolute Gasteiger partial charge is 0.381 e. The second-order valence-electron chi connectivity index (χ2n) is 3.89. The Morgan fingerprint density at radius 1 is 1.13 bits per heavy atom. The summed E-state index contributed by atoms with van der Waals surface area (Å²) >= 11 is 0. The van der Waals surface area contributed by atoms with Crippen LogP contribution in [-0.4, -0.2) is 13.2 Å². The first-order valence-electron chi connectivity index (χ1n) is 5.26. The van der Waals surface area contributed by atoms with E-state index in [1.165, 1.54) is 5.56 Å². The zero-order chi connectivity index (χ0) is 9.80. The Hall–Kier alpha value is -0.570. The lowest BCUT2D eigenvalue weighted by atomic mass is 9.88. The summed E-state index contributed by atoms with van der Waals surface area (Å²) in [5.41, 5.74) is 7.46. The Kier molecular flexibility index (Phi) is 5.09. The van der Waals surface area contributed by atoms with Crippen molar-refractivity contribution in [2.24, 2.45) is 11.7 Å². The maximum absolute atomic E-state index is 6.21. The van der Waals surface area contributed by atoms with Crippen LogP contribution in [-0.2, 0) is 4.74 Å². The standard InChI is InChI=1S/C12H17NO.ClH/c13-12(10-4-2-1-3-5-10)11-6-8-14-9-7-11;/h1-5,11-12H,6-9,13H2;1H/t12-;/m0./s1. The smallest absolute Gasteiger partial charge is 0.0469 e. The van der Waals surface area contributed by atoms with Crippen LogP contribution in [0.4, 0.5) is 0 Å². The minimum absolute atomic E-state index is 0. The maximum atomic E-state index is 6.21. The van der Waals surface area contributed by atoms with Gasteiger partial charge in [0, 0.05) is 19.3 Å². The highest BCUT2D eigenvalue weighted by molar-refractivity contribution is 5.85. The summed E-state index contributed by atoms with van der Waals surface area (Å²) in [6.45, 7) is 1.73. The van der Waals surface area contributed by atoms with Crippen LogP contribution in [0.2, 0.25) is 0 Å². The Labute approximate surface area is 97.2 Å². The van der Waals surface area contributed by atoms with Crippen molar-refractivity contribution in [2.45, 2.75) is 18.9 Å². The number of nitrogens with two attached hydrogens (primary N) is 1. The third-order valence-corrected chi connectivity index (χ3v) is 2.96. The number of hydrogen-bond acceptors (Lipinski definition) is 2. The van der Waals surface area contributed by atoms with E-state index in [-0.39, 0.29) is 18.4 Å². The third-order valence-electron chi connectivity index (χ3n) is 2.96. The van der Waals surface area contributed by atoms with Gasteiger partial charge in [-0.05, 0) is 24.3 Å². The molecule has 0 aliphatic carbocycles. The van der Waals surface area contributed by atoms with Gasteiger partial charge in [-0.1, -0.05) is 30.3 Å². The molecule has 0 amide bonds. The molecular formula is C12H18ClNO. The Bertz CT molecular complexity index is 272. The fraction of sp³-hybridized carbons (Fsp3) is 0.500. The predicted octanol–water partition coefficient (Wildman–Crippen LogP) is 2.53. The molecule has 0 unspecified atom stereocenters. The Morgan fingerprint density at radius 2 is 1.73 bits per heavy atom. The van der Waals surface area contributed by atoms with Crippen LogP contribution in [0.25, 0.3) is 0 Å². The van der Waals surface area contributed by atoms with Crippen LogP contribution in [0.5, 0.6) is 0 Å². The molecule has 1 aromatic carbocycles. The second-order valence-corrected chi connectivity index (χ2v) is 3.89. The van der Waals surface area contributed by atoms with E-state index >= 15 is 0 Å². The first-order valence-corrected chi connectivity index (χ1v) is 5.26. The zero-order valence-electron chi connectivity index (χ0n) is 8.76. The van der Waals surface area contributed by atoms with Crippen molar-refractivity contribution < 1.29 is 4.74 Å². The van der Waals surface area contributed by atoms with E-state index < -0.39 is 0 Å². The average molecular weight is 228 g/mol. The Balaban J connectivity index is 0.00000112. The van der Waals surface area contributed by atoms with E-state index in [0.29, 0.717) is 5.92 Å². The van der Waals surface area contributed by atoms with E-state index in [2.05, 4.69) is 24.3 Å². The summed E-state index contributed by atoms with van der Waals surface area (Å²) in [7, 11) is 0. The van der Waals surface area contributed by atoms with Crippen molar-refractivity contribution in [2.75, 3.05) is 13.2 Å². The van der Waals surface area contributed by atoms with E-state index in [9.17, 15) is 0 Å². The van der Waals surface area contributed by atoms with Gasteiger partial charge in [0.15, 0.2) is 0 Å². The van der Waals surface area contributed by atoms with Gasteiger partial charge in [0.25, 0.3) is 0 Å². The number of ether oxygens (including phenoxy) is 1. The lowest BCUT2D eigenvalue weighted by Gasteiger charge is -2.27. The zero-order valence-corrected chi connectivity index (χ0v) is 9.58. The van der Waals surface area contributed by atoms with Gasteiger partial charge in [-0.25, -0.2) is 0 Å². The van der Waals surface area contributed by atoms with Crippen molar-refractivity contribution in [1.82, 2.24) is 0 Å². The van der Waals surface area contributed by atoms with Gasteiger partial charge in [-0.15, -0.1) is 12.4 Å². The molecule has 0 radical (unpaired) electrons. The van der Waals surface area contributed by atoms with Crippen LogP contribution in [0.3, 0.4) is 0 Å². The fourth-order valence-corrected chi connectivity index (χ4v) is 2.02. The molecule has 2 nitrogen and oxygen atoms in total. The first-order chi connectivity index (χ1) is 6.88. The molecule has 84 valence electrons. The van der Waals surface area contributed by atoms with E-state index in [4.69, 9.17) is 10.5 Å². The van der Waals surface area contributed by atoms with E-state index in [1.54, 1.807) is 0 Å². The number of rotatable bonds is 2. The van der Waals surface area contributed by atoms with Gasteiger partial charge in [-0.3, -0.25) is 0 Å². The average Bonchev–Trinajstić information content (AvgIpc) is 2.30. The van der Waals surface area contributed by atoms with Gasteiger partial charge in [0.1, 0.15) is 0 Å². The summed E-state index contributed by atoms with van der Waals surface area (Å²) in [5.74, 6) is 0.589. The van der Waals surface area contributed by atoms with Crippen LogP contribution in [0.1, 0.15) is 24.4 Å². The summed E-state index contributed by atoms with van der Waals surface area (Å²) < 4.78 is 5.33. The SMILES string of the molecule is Cl.N[C@@H](c1ccccc1)C1CCOCC1. The Morgan fingerprint density at radius 3 is 2.33 bits per heavy atom. The van der Waals surface area contributed by atoms with Crippen LogP contribution in [0, 0.1) is 5.92 Å². The third kappa shape index (κ3) is 3.20. The van der Waals surface area contributed by atoms with E-state index in [0.717, 1.165) is 26.1 Å². The van der Waals surface area contributed by atoms with Crippen LogP contribution >= 0.6 is 12.4 Å². The topological polar surface area (TPSA) is 35.2 Å². The van der Waals surface area contributed by atoms with Crippen molar-refractivity contribution >= 4 is 12.4 Å². The molecule has 0 aromatic heterocycles. The molecular weight excluding hydrogens is 210 g/mol. The summed E-state index contributed by atoms with van der Waals surface area (Å²) in [5, 5.41) is 0. The minimum atomic E-state index is 0. The highest BCUT2D eigenvalue weighted by atomic mass is 35.5. The maximum Gasteiger partial charge on any atom is 0.0469 e. The molecule has 1 aliphatic rings. The first kappa shape index (κ1) is 12.5. The molecule has 1 heterocycles. The monoisotopic (exact) mass is 227 g/mol. The quantitative estimate of drug-likeness (QED) is 0.843. The van der Waals surface area contributed by atoms with Crippen molar-refractivity contribution in [1.29, 1.82) is 0 Å². The van der Waals surface area contributed by atoms with Gasteiger partial charge in [0.2, 0.25) is 0 Å². The molecule has 3 heteroatoms. The molecule has 1 saturated heterocycles. The molecule has 2 rings (SSSR count). The highest BCUT2D eigenvalue weighted by Gasteiger charge is 2.21. The normalized spacial score (nSPS) is 19.3. The molecule has 1 aliphatic heterocycles. The van der Waals surface area contributed by atoms with Crippen molar-refractivity contribution in [3.8, 4) is 0 Å². The number of hydrogen-bond donors (Lipinski definition) is 1. The summed E-state index contributed by atoms with van der Waals surface area (Å²) in [4.78, 5) is 0. The lowest BCUT2D eigenvalue weighted by Crippen LogP contribution is -2.27. The lowest BCUT2D eigenvalue weighted by molar-refractivity contribution is 0.0584. The number of benzene rings is 1. The molecule has 15 heavy (non-hydrogen) atoms.